The SMILES string of the molecule is CN1CCN(C(=O)CNC(=O)c2ccc(Br)s2)Cc2ccccc21. The smallest absolute Gasteiger partial charge is 0.261 e. The molecule has 0 unspecified atom stereocenters. The van der Waals surface area contributed by atoms with Crippen LogP contribution in [0.4, 0.5) is 5.69 Å². The summed E-state index contributed by atoms with van der Waals surface area (Å²) in [5.74, 6) is -0.282. The van der Waals surface area contributed by atoms with E-state index in [-0.39, 0.29) is 18.4 Å². The maximum Gasteiger partial charge on any atom is 0.261 e. The van der Waals surface area contributed by atoms with Crippen molar-refractivity contribution in [1.29, 1.82) is 0 Å². The molecule has 1 aromatic carbocycles. The van der Waals surface area contributed by atoms with Gasteiger partial charge in [0.05, 0.1) is 15.2 Å². The van der Waals surface area contributed by atoms with Crippen molar-refractivity contribution in [3.8, 4) is 0 Å². The number of hydrogen-bond acceptors (Lipinski definition) is 4. The normalized spacial score (nSPS) is 14.1. The number of nitrogens with one attached hydrogen (secondary N) is 1. The molecule has 0 fully saturated rings. The second kappa shape index (κ2) is 7.36. The summed E-state index contributed by atoms with van der Waals surface area (Å²) in [7, 11) is 2.03. The molecule has 24 heavy (non-hydrogen) atoms. The van der Waals surface area contributed by atoms with Crippen molar-refractivity contribution >= 4 is 44.8 Å². The molecule has 2 amide bonds. The van der Waals surface area contributed by atoms with Crippen LogP contribution < -0.4 is 10.2 Å². The quantitative estimate of drug-likeness (QED) is 0.850. The third kappa shape index (κ3) is 3.79. The Morgan fingerprint density at radius 3 is 2.75 bits per heavy atom. The summed E-state index contributed by atoms with van der Waals surface area (Å²) in [5, 5.41) is 2.71. The molecule has 0 spiro atoms. The molecule has 1 aliphatic heterocycles. The van der Waals surface area contributed by atoms with E-state index in [1.54, 1.807) is 11.0 Å². The lowest BCUT2D eigenvalue weighted by atomic mass is 10.1. The summed E-state index contributed by atoms with van der Waals surface area (Å²) in [4.78, 5) is 29.1. The minimum absolute atomic E-state index is 0.0141. The van der Waals surface area contributed by atoms with Crippen LogP contribution in [-0.4, -0.2) is 43.4 Å². The molecule has 2 aromatic rings. The Kier molecular flexibility index (Phi) is 5.20. The molecule has 1 aromatic heterocycles. The van der Waals surface area contributed by atoms with Gasteiger partial charge in [-0.25, -0.2) is 0 Å². The zero-order chi connectivity index (χ0) is 17.1. The van der Waals surface area contributed by atoms with E-state index < -0.39 is 0 Å². The average molecular weight is 408 g/mol. The molecular formula is C17H18BrN3O2S. The minimum Gasteiger partial charge on any atom is -0.373 e. The van der Waals surface area contributed by atoms with Gasteiger partial charge in [-0.3, -0.25) is 9.59 Å². The molecule has 3 rings (SSSR count). The molecule has 0 bridgehead atoms. The van der Waals surface area contributed by atoms with Gasteiger partial charge >= 0.3 is 0 Å². The van der Waals surface area contributed by atoms with Crippen LogP contribution in [0.2, 0.25) is 0 Å². The fraction of sp³-hybridized carbons (Fsp3) is 0.294. The number of carbonyl (C=O) groups excluding carboxylic acids is 2. The van der Waals surface area contributed by atoms with E-state index in [2.05, 4.69) is 32.2 Å². The summed E-state index contributed by atoms with van der Waals surface area (Å²) in [6, 6.07) is 11.7. The standard InChI is InChI=1S/C17H18BrN3O2S/c1-20-8-9-21(11-12-4-2-3-5-13(12)20)16(22)10-19-17(23)14-6-7-15(18)24-14/h2-7H,8-11H2,1H3,(H,19,23). The van der Waals surface area contributed by atoms with Crippen LogP contribution in [-0.2, 0) is 11.3 Å². The maximum atomic E-state index is 12.5. The number of para-hydroxylation sites is 1. The minimum atomic E-state index is -0.216. The highest BCUT2D eigenvalue weighted by molar-refractivity contribution is 9.11. The lowest BCUT2D eigenvalue weighted by molar-refractivity contribution is -0.130. The molecule has 0 saturated carbocycles. The van der Waals surface area contributed by atoms with Crippen LogP contribution in [0, 0.1) is 0 Å². The van der Waals surface area contributed by atoms with E-state index in [1.807, 2.05) is 31.3 Å². The second-order valence-corrected chi connectivity index (χ2v) is 8.12. The Balaban J connectivity index is 1.62. The number of likely N-dealkylation sites (N-methyl/N-ethyl adjacent to an activating group) is 1. The van der Waals surface area contributed by atoms with Crippen LogP contribution in [0.1, 0.15) is 15.2 Å². The molecule has 0 radical (unpaired) electrons. The van der Waals surface area contributed by atoms with Gasteiger partial charge in [-0.15, -0.1) is 11.3 Å². The highest BCUT2D eigenvalue weighted by atomic mass is 79.9. The molecule has 0 aliphatic carbocycles. The van der Waals surface area contributed by atoms with E-state index >= 15 is 0 Å². The Bertz CT molecular complexity index is 762. The molecule has 126 valence electrons. The van der Waals surface area contributed by atoms with E-state index in [1.165, 1.54) is 11.3 Å². The van der Waals surface area contributed by atoms with Gasteiger partial charge in [0.2, 0.25) is 5.91 Å². The van der Waals surface area contributed by atoms with Gasteiger partial charge in [-0.05, 0) is 39.7 Å². The maximum absolute atomic E-state index is 12.5. The molecule has 5 nitrogen and oxygen atoms in total. The third-order valence-electron chi connectivity index (χ3n) is 4.02. The fourth-order valence-corrected chi connectivity index (χ4v) is 4.00. The van der Waals surface area contributed by atoms with Crippen molar-refractivity contribution in [3.63, 3.8) is 0 Å². The number of anilines is 1. The Morgan fingerprint density at radius 2 is 2.00 bits per heavy atom. The van der Waals surface area contributed by atoms with E-state index in [0.29, 0.717) is 18.0 Å². The first-order chi connectivity index (χ1) is 11.5. The number of carbonyl (C=O) groups is 2. The first kappa shape index (κ1) is 17.0. The summed E-state index contributed by atoms with van der Waals surface area (Å²) in [5.41, 5.74) is 2.28. The van der Waals surface area contributed by atoms with E-state index in [4.69, 9.17) is 0 Å². The first-order valence-corrected chi connectivity index (χ1v) is 9.26. The van der Waals surface area contributed by atoms with Crippen molar-refractivity contribution in [2.45, 2.75) is 6.54 Å². The van der Waals surface area contributed by atoms with Crippen molar-refractivity contribution in [2.75, 3.05) is 31.6 Å². The molecular weight excluding hydrogens is 390 g/mol. The number of benzene rings is 1. The summed E-state index contributed by atoms with van der Waals surface area (Å²) in [6.45, 7) is 2.00. The van der Waals surface area contributed by atoms with E-state index in [9.17, 15) is 9.59 Å². The predicted molar refractivity (Wildman–Crippen MR) is 99.5 cm³/mol. The first-order valence-electron chi connectivity index (χ1n) is 7.65. The second-order valence-electron chi connectivity index (χ2n) is 5.65. The lowest BCUT2D eigenvalue weighted by Crippen LogP contribution is -2.41. The van der Waals surface area contributed by atoms with Gasteiger partial charge < -0.3 is 15.1 Å². The number of halogens is 1. The number of nitrogens with zero attached hydrogens (tertiary/aromatic N) is 2. The molecule has 2 heterocycles. The number of amides is 2. The van der Waals surface area contributed by atoms with Gasteiger partial charge in [-0.1, -0.05) is 18.2 Å². The van der Waals surface area contributed by atoms with Gasteiger partial charge in [0.25, 0.3) is 5.91 Å². The molecule has 1 aliphatic rings. The molecule has 7 heteroatoms. The monoisotopic (exact) mass is 407 g/mol. The fourth-order valence-electron chi connectivity index (χ4n) is 2.70. The van der Waals surface area contributed by atoms with Crippen LogP contribution in [0.25, 0.3) is 0 Å². The Morgan fingerprint density at radius 1 is 1.21 bits per heavy atom. The van der Waals surface area contributed by atoms with Crippen molar-refractivity contribution in [2.24, 2.45) is 0 Å². The van der Waals surface area contributed by atoms with Gasteiger partial charge in [0, 0.05) is 32.4 Å². The third-order valence-corrected chi connectivity index (χ3v) is 5.64. The highest BCUT2D eigenvalue weighted by Gasteiger charge is 2.21. The number of fused-ring (bicyclic) bond motifs is 1. The summed E-state index contributed by atoms with van der Waals surface area (Å²) < 4.78 is 0.895. The topological polar surface area (TPSA) is 52.6 Å². The van der Waals surface area contributed by atoms with Gasteiger partial charge in [0.15, 0.2) is 0 Å². The van der Waals surface area contributed by atoms with Crippen LogP contribution in [0.3, 0.4) is 0 Å². The van der Waals surface area contributed by atoms with Crippen molar-refractivity contribution < 1.29 is 9.59 Å². The van der Waals surface area contributed by atoms with Gasteiger partial charge in [-0.2, -0.15) is 0 Å². The van der Waals surface area contributed by atoms with E-state index in [0.717, 1.165) is 21.6 Å². The lowest BCUT2D eigenvalue weighted by Gasteiger charge is -2.21. The number of thiophene rings is 1. The molecule has 0 atom stereocenters. The predicted octanol–water partition coefficient (Wildman–Crippen LogP) is 2.72. The Hall–Kier alpha value is -1.86. The Labute approximate surface area is 153 Å². The van der Waals surface area contributed by atoms with Crippen molar-refractivity contribution in [3.05, 3.63) is 50.6 Å². The zero-order valence-electron chi connectivity index (χ0n) is 13.3. The average Bonchev–Trinajstić information content (AvgIpc) is 2.94. The van der Waals surface area contributed by atoms with Crippen LogP contribution in [0.15, 0.2) is 40.2 Å². The largest absolute Gasteiger partial charge is 0.373 e. The summed E-state index contributed by atoms with van der Waals surface area (Å²) in [6.07, 6.45) is 0. The van der Waals surface area contributed by atoms with Crippen molar-refractivity contribution in [1.82, 2.24) is 10.2 Å². The molecule has 0 saturated heterocycles. The summed E-state index contributed by atoms with van der Waals surface area (Å²) >= 11 is 4.68. The van der Waals surface area contributed by atoms with Gasteiger partial charge in [0.1, 0.15) is 0 Å². The number of hydrogen-bond donors (Lipinski definition) is 1. The molecule has 1 N–H and O–H groups in total. The number of rotatable bonds is 3. The highest BCUT2D eigenvalue weighted by Crippen LogP contribution is 2.24. The zero-order valence-corrected chi connectivity index (χ0v) is 15.7. The van der Waals surface area contributed by atoms with Crippen LogP contribution in [0.5, 0.6) is 0 Å². The van der Waals surface area contributed by atoms with Crippen LogP contribution >= 0.6 is 27.3 Å².